The Balaban J connectivity index is 1.44. The lowest BCUT2D eigenvalue weighted by atomic mass is 9.49. The van der Waals surface area contributed by atoms with Crippen LogP contribution in [0.3, 0.4) is 0 Å². The number of non-ortho nitro benzene ring substituents is 1. The van der Waals surface area contributed by atoms with Crippen LogP contribution < -0.4 is 0 Å². The number of nitro groups is 1. The molecule has 4 fully saturated rings. The van der Waals surface area contributed by atoms with Crippen LogP contribution in [0.25, 0.3) is 15.5 Å². The molecule has 8 heteroatoms. The van der Waals surface area contributed by atoms with Crippen LogP contribution in [0.1, 0.15) is 44.3 Å². The van der Waals surface area contributed by atoms with E-state index in [9.17, 15) is 10.1 Å². The summed E-state index contributed by atoms with van der Waals surface area (Å²) in [7, 11) is 0. The van der Waals surface area contributed by atoms with Gasteiger partial charge < -0.3 is 0 Å². The quantitative estimate of drug-likeness (QED) is 0.500. The zero-order valence-electron chi connectivity index (χ0n) is 14.7. The van der Waals surface area contributed by atoms with Crippen molar-refractivity contribution in [2.24, 2.45) is 17.8 Å². The first-order chi connectivity index (χ1) is 13.1. The lowest BCUT2D eigenvalue weighted by molar-refractivity contribution is -0.384. The zero-order chi connectivity index (χ0) is 18.2. The lowest BCUT2D eigenvalue weighted by Crippen LogP contribution is -2.49. The summed E-state index contributed by atoms with van der Waals surface area (Å²) in [6, 6.07) is 6.65. The van der Waals surface area contributed by atoms with E-state index in [2.05, 4.69) is 10.2 Å². The van der Waals surface area contributed by atoms with Gasteiger partial charge in [-0.15, -0.1) is 10.2 Å². The van der Waals surface area contributed by atoms with Crippen LogP contribution in [-0.4, -0.2) is 24.7 Å². The van der Waals surface area contributed by atoms with Gasteiger partial charge in [-0.05, 0) is 56.3 Å². The molecule has 7 rings (SSSR count). The molecular weight excluding hydrogens is 362 g/mol. The fourth-order valence-electron chi connectivity index (χ4n) is 6.20. The first-order valence-electron chi connectivity index (χ1n) is 9.57. The van der Waals surface area contributed by atoms with E-state index in [1.165, 1.54) is 55.9 Å². The molecule has 0 N–H and O–H groups in total. The van der Waals surface area contributed by atoms with Crippen LogP contribution in [0.4, 0.5) is 5.69 Å². The number of hydrogen-bond acceptors (Lipinski definition) is 6. The van der Waals surface area contributed by atoms with Crippen molar-refractivity contribution in [3.05, 3.63) is 40.2 Å². The molecular formula is C19H19N5O2S. The molecule has 2 aromatic heterocycles. The zero-order valence-corrected chi connectivity index (χ0v) is 15.6. The van der Waals surface area contributed by atoms with Crippen molar-refractivity contribution in [1.29, 1.82) is 0 Å². The van der Waals surface area contributed by atoms with E-state index < -0.39 is 0 Å². The van der Waals surface area contributed by atoms with Gasteiger partial charge >= 0.3 is 0 Å². The molecule has 2 heterocycles. The number of nitro benzene ring substituents is 1. The Bertz CT molecular complexity index is 1040. The van der Waals surface area contributed by atoms with Crippen LogP contribution in [0.2, 0.25) is 0 Å². The highest BCUT2D eigenvalue weighted by Crippen LogP contribution is 2.60. The summed E-state index contributed by atoms with van der Waals surface area (Å²) in [6.45, 7) is 0. The van der Waals surface area contributed by atoms with Crippen LogP contribution in [0.15, 0.2) is 24.3 Å². The summed E-state index contributed by atoms with van der Waals surface area (Å²) >= 11 is 1.45. The smallest absolute Gasteiger partial charge is 0.258 e. The summed E-state index contributed by atoms with van der Waals surface area (Å²) in [5.41, 5.74) is 0.971. The lowest BCUT2D eigenvalue weighted by Gasteiger charge is -2.55. The molecule has 4 aliphatic carbocycles. The van der Waals surface area contributed by atoms with Crippen molar-refractivity contribution in [1.82, 2.24) is 19.8 Å². The van der Waals surface area contributed by atoms with Crippen molar-refractivity contribution in [2.75, 3.05) is 0 Å². The normalized spacial score (nSPS) is 31.6. The Labute approximate surface area is 159 Å². The predicted octanol–water partition coefficient (Wildman–Crippen LogP) is 4.23. The predicted molar refractivity (Wildman–Crippen MR) is 101 cm³/mol. The Morgan fingerprint density at radius 3 is 2.48 bits per heavy atom. The molecule has 4 aliphatic rings. The maximum absolute atomic E-state index is 11.1. The molecule has 0 saturated heterocycles. The van der Waals surface area contributed by atoms with Crippen molar-refractivity contribution in [2.45, 2.75) is 43.9 Å². The molecule has 1 aromatic carbocycles. The highest BCUT2D eigenvalue weighted by Gasteiger charge is 2.54. The number of hydrogen-bond donors (Lipinski definition) is 0. The minimum atomic E-state index is -0.370. The maximum atomic E-state index is 11.1. The molecule has 0 unspecified atom stereocenters. The monoisotopic (exact) mass is 381 g/mol. The Kier molecular flexibility index (Phi) is 3.10. The van der Waals surface area contributed by atoms with Crippen LogP contribution in [-0.2, 0) is 5.41 Å². The van der Waals surface area contributed by atoms with Gasteiger partial charge in [0, 0.05) is 23.1 Å². The van der Waals surface area contributed by atoms with Crippen molar-refractivity contribution in [3.8, 4) is 10.6 Å². The van der Waals surface area contributed by atoms with Gasteiger partial charge in [0.1, 0.15) is 5.01 Å². The second kappa shape index (κ2) is 5.34. The Morgan fingerprint density at radius 2 is 1.81 bits per heavy atom. The van der Waals surface area contributed by atoms with E-state index in [1.807, 2.05) is 10.6 Å². The highest BCUT2D eigenvalue weighted by atomic mass is 32.1. The van der Waals surface area contributed by atoms with Gasteiger partial charge in [-0.2, -0.15) is 9.61 Å². The van der Waals surface area contributed by atoms with Gasteiger partial charge in [0.05, 0.1) is 4.92 Å². The van der Waals surface area contributed by atoms with E-state index in [0.717, 1.165) is 39.1 Å². The molecule has 7 nitrogen and oxygen atoms in total. The van der Waals surface area contributed by atoms with Crippen LogP contribution in [0.5, 0.6) is 0 Å². The second-order valence-electron chi connectivity index (χ2n) is 8.63. The fraction of sp³-hybridized carbons (Fsp3) is 0.526. The minimum absolute atomic E-state index is 0.0831. The van der Waals surface area contributed by atoms with Gasteiger partial charge in [0.25, 0.3) is 5.69 Å². The molecule has 4 saturated carbocycles. The summed E-state index contributed by atoms with van der Waals surface area (Å²) in [5, 5.41) is 25.6. The van der Waals surface area contributed by atoms with Gasteiger partial charge in [0.15, 0.2) is 5.82 Å². The SMILES string of the molecule is O=[N+]([O-])c1cccc(-c2nn3c(C45CC6CC(CC(C6)C4)C5)nnc3s2)c1. The first-order valence-corrected chi connectivity index (χ1v) is 10.4. The van der Waals surface area contributed by atoms with Crippen molar-refractivity contribution in [3.63, 3.8) is 0 Å². The van der Waals surface area contributed by atoms with E-state index in [0.29, 0.717) is 0 Å². The summed E-state index contributed by atoms with van der Waals surface area (Å²) < 4.78 is 1.92. The Hall–Kier alpha value is -2.35. The molecule has 138 valence electrons. The summed E-state index contributed by atoms with van der Waals surface area (Å²) in [6.07, 6.45) is 7.79. The number of fused-ring (bicyclic) bond motifs is 1. The molecule has 0 radical (unpaired) electrons. The van der Waals surface area contributed by atoms with Gasteiger partial charge in [0.2, 0.25) is 4.96 Å². The van der Waals surface area contributed by atoms with Crippen LogP contribution in [0, 0.1) is 27.9 Å². The second-order valence-corrected chi connectivity index (χ2v) is 9.59. The first kappa shape index (κ1) is 15.7. The molecule has 27 heavy (non-hydrogen) atoms. The number of benzene rings is 1. The number of nitrogens with zero attached hydrogens (tertiary/aromatic N) is 5. The van der Waals surface area contributed by atoms with E-state index in [1.54, 1.807) is 12.1 Å². The standard InChI is InChI=1S/C19H19N5O2S/c25-24(26)15-3-1-2-14(7-15)16-22-23-17(20-21-18(23)27-16)19-8-11-4-12(9-19)6-13(5-11)10-19/h1-3,7,11-13H,4-6,8-10H2. The van der Waals surface area contributed by atoms with E-state index >= 15 is 0 Å². The third-order valence-electron chi connectivity index (χ3n) is 6.81. The third kappa shape index (κ3) is 2.29. The average Bonchev–Trinajstić information content (AvgIpc) is 3.21. The average molecular weight is 381 g/mol. The summed E-state index contributed by atoms with van der Waals surface area (Å²) in [4.78, 5) is 11.5. The van der Waals surface area contributed by atoms with Crippen LogP contribution >= 0.6 is 11.3 Å². The molecule has 0 spiro atoms. The van der Waals surface area contributed by atoms with E-state index in [-0.39, 0.29) is 16.0 Å². The maximum Gasteiger partial charge on any atom is 0.270 e. The fourth-order valence-corrected chi connectivity index (χ4v) is 7.04. The third-order valence-corrected chi connectivity index (χ3v) is 7.76. The highest BCUT2D eigenvalue weighted by molar-refractivity contribution is 7.19. The molecule has 0 atom stereocenters. The molecule has 4 bridgehead atoms. The van der Waals surface area contributed by atoms with Gasteiger partial charge in [-0.3, -0.25) is 10.1 Å². The molecule has 3 aromatic rings. The van der Waals surface area contributed by atoms with E-state index in [4.69, 9.17) is 5.10 Å². The van der Waals surface area contributed by atoms with Crippen molar-refractivity contribution < 1.29 is 4.92 Å². The number of aromatic nitrogens is 4. The Morgan fingerprint density at radius 1 is 1.11 bits per heavy atom. The van der Waals surface area contributed by atoms with Gasteiger partial charge in [-0.25, -0.2) is 0 Å². The largest absolute Gasteiger partial charge is 0.270 e. The molecule has 0 amide bonds. The van der Waals surface area contributed by atoms with Gasteiger partial charge in [-0.1, -0.05) is 23.5 Å². The number of rotatable bonds is 3. The topological polar surface area (TPSA) is 86.2 Å². The molecule has 0 aliphatic heterocycles. The summed E-state index contributed by atoms with van der Waals surface area (Å²) in [5.74, 6) is 3.51. The minimum Gasteiger partial charge on any atom is -0.258 e. The van der Waals surface area contributed by atoms with Crippen molar-refractivity contribution >= 4 is 22.0 Å².